The zero-order chi connectivity index (χ0) is 20.2. The fraction of sp³-hybridized carbons (Fsp3) is 0.227. The Morgan fingerprint density at radius 3 is 2.66 bits per heavy atom. The van der Waals surface area contributed by atoms with Crippen LogP contribution in [0, 0.1) is 6.92 Å². The van der Waals surface area contributed by atoms with Crippen molar-refractivity contribution >= 4 is 17.5 Å². The van der Waals surface area contributed by atoms with E-state index in [-0.39, 0.29) is 12.7 Å². The highest BCUT2D eigenvalue weighted by molar-refractivity contribution is 6.04. The minimum atomic E-state index is -0.157. The molecule has 1 aliphatic rings. The first-order chi connectivity index (χ1) is 14.1. The molecule has 0 saturated carbocycles. The van der Waals surface area contributed by atoms with Crippen LogP contribution in [0.3, 0.4) is 0 Å². The molecule has 0 radical (unpaired) electrons. The summed E-state index contributed by atoms with van der Waals surface area (Å²) in [4.78, 5) is 23.6. The Labute approximate surface area is 169 Å². The molecule has 0 saturated heterocycles. The van der Waals surface area contributed by atoms with Crippen molar-refractivity contribution in [3.05, 3.63) is 71.5 Å². The van der Waals surface area contributed by atoms with Crippen molar-refractivity contribution in [3.8, 4) is 11.5 Å². The number of ether oxygens (including phenoxy) is 2. The molecule has 3 aromatic rings. The molecule has 148 valence electrons. The summed E-state index contributed by atoms with van der Waals surface area (Å²) in [6.45, 7) is 5.09. The molecule has 1 N–H and O–H groups in total. The molecule has 2 aromatic carbocycles. The van der Waals surface area contributed by atoms with Gasteiger partial charge in [-0.05, 0) is 49.7 Å². The van der Waals surface area contributed by atoms with Crippen LogP contribution in [0.4, 0.5) is 11.6 Å². The van der Waals surface area contributed by atoms with Gasteiger partial charge in [-0.25, -0.2) is 9.97 Å². The number of carbonyl (C=O) groups is 1. The van der Waals surface area contributed by atoms with Crippen molar-refractivity contribution in [1.29, 1.82) is 0 Å². The fourth-order valence-electron chi connectivity index (χ4n) is 3.18. The Balaban J connectivity index is 1.52. The number of hydrogen-bond acceptors (Lipinski definition) is 6. The number of anilines is 2. The lowest BCUT2D eigenvalue weighted by atomic mass is 10.2. The van der Waals surface area contributed by atoms with Crippen LogP contribution in [0.5, 0.6) is 11.5 Å². The number of amides is 1. The van der Waals surface area contributed by atoms with Gasteiger partial charge in [0.1, 0.15) is 5.69 Å². The molecule has 0 fully saturated rings. The van der Waals surface area contributed by atoms with Crippen LogP contribution in [-0.2, 0) is 6.54 Å². The van der Waals surface area contributed by atoms with Gasteiger partial charge in [0, 0.05) is 24.5 Å². The molecule has 0 spiro atoms. The number of para-hydroxylation sites is 1. The highest BCUT2D eigenvalue weighted by Crippen LogP contribution is 2.32. The monoisotopic (exact) mass is 390 g/mol. The predicted octanol–water partition coefficient (Wildman–Crippen LogP) is 3.79. The van der Waals surface area contributed by atoms with Gasteiger partial charge in [0.05, 0.1) is 0 Å². The molecule has 2 heterocycles. The third kappa shape index (κ3) is 4.13. The number of nitrogens with zero attached hydrogens (tertiary/aromatic N) is 3. The van der Waals surface area contributed by atoms with E-state index in [2.05, 4.69) is 15.3 Å². The number of rotatable bonds is 6. The van der Waals surface area contributed by atoms with Crippen molar-refractivity contribution in [2.75, 3.05) is 23.6 Å². The van der Waals surface area contributed by atoms with Crippen LogP contribution in [0.2, 0.25) is 0 Å². The highest BCUT2D eigenvalue weighted by Gasteiger charge is 2.19. The third-order valence-electron chi connectivity index (χ3n) is 4.59. The van der Waals surface area contributed by atoms with E-state index in [1.165, 1.54) is 0 Å². The summed E-state index contributed by atoms with van der Waals surface area (Å²) in [5.74, 6) is 1.73. The van der Waals surface area contributed by atoms with Gasteiger partial charge in [-0.2, -0.15) is 0 Å². The second kappa shape index (κ2) is 8.18. The summed E-state index contributed by atoms with van der Waals surface area (Å²) >= 11 is 0. The SMILES string of the molecule is CCN(C(=O)c1cc(C)nc(NCc2ccc3c(c2)OCO3)n1)c1ccccc1. The largest absolute Gasteiger partial charge is 0.454 e. The quantitative estimate of drug-likeness (QED) is 0.690. The number of hydrogen-bond donors (Lipinski definition) is 1. The van der Waals surface area contributed by atoms with E-state index in [9.17, 15) is 4.79 Å². The van der Waals surface area contributed by atoms with Crippen LogP contribution in [0.25, 0.3) is 0 Å². The van der Waals surface area contributed by atoms with Crippen LogP contribution in [-0.4, -0.2) is 29.2 Å². The van der Waals surface area contributed by atoms with Gasteiger partial charge in [0.15, 0.2) is 11.5 Å². The van der Waals surface area contributed by atoms with Crippen molar-refractivity contribution in [1.82, 2.24) is 9.97 Å². The molecule has 29 heavy (non-hydrogen) atoms. The van der Waals surface area contributed by atoms with Gasteiger partial charge >= 0.3 is 0 Å². The maximum atomic E-state index is 13.1. The Morgan fingerprint density at radius 1 is 1.07 bits per heavy atom. The molecular formula is C22H22N4O3. The predicted molar refractivity (Wildman–Crippen MR) is 110 cm³/mol. The minimum absolute atomic E-state index is 0.157. The molecule has 0 bridgehead atoms. The zero-order valence-electron chi connectivity index (χ0n) is 16.4. The normalized spacial score (nSPS) is 11.9. The second-order valence-corrected chi connectivity index (χ2v) is 6.64. The van der Waals surface area contributed by atoms with Crippen LogP contribution >= 0.6 is 0 Å². The third-order valence-corrected chi connectivity index (χ3v) is 4.59. The van der Waals surface area contributed by atoms with Gasteiger partial charge in [-0.15, -0.1) is 0 Å². The van der Waals surface area contributed by atoms with Gasteiger partial charge < -0.3 is 19.7 Å². The molecular weight excluding hydrogens is 368 g/mol. The van der Waals surface area contributed by atoms with Crippen LogP contribution in [0.15, 0.2) is 54.6 Å². The van der Waals surface area contributed by atoms with E-state index in [4.69, 9.17) is 9.47 Å². The number of nitrogens with one attached hydrogen (secondary N) is 1. The molecule has 4 rings (SSSR count). The average molecular weight is 390 g/mol. The van der Waals surface area contributed by atoms with E-state index in [0.717, 1.165) is 28.4 Å². The summed E-state index contributed by atoms with van der Waals surface area (Å²) < 4.78 is 10.7. The second-order valence-electron chi connectivity index (χ2n) is 6.64. The first-order valence-corrected chi connectivity index (χ1v) is 9.49. The molecule has 7 nitrogen and oxygen atoms in total. The zero-order valence-corrected chi connectivity index (χ0v) is 16.4. The fourth-order valence-corrected chi connectivity index (χ4v) is 3.18. The lowest BCUT2D eigenvalue weighted by Crippen LogP contribution is -2.31. The van der Waals surface area contributed by atoms with Gasteiger partial charge in [0.25, 0.3) is 5.91 Å². The topological polar surface area (TPSA) is 76.6 Å². The maximum absolute atomic E-state index is 13.1. The number of fused-ring (bicyclic) bond motifs is 1. The summed E-state index contributed by atoms with van der Waals surface area (Å²) in [7, 11) is 0. The molecule has 7 heteroatoms. The minimum Gasteiger partial charge on any atom is -0.454 e. The standard InChI is InChI=1S/C22H22N4O3/c1-3-26(17-7-5-4-6-8-17)21(27)18-11-15(2)24-22(25-18)23-13-16-9-10-19-20(12-16)29-14-28-19/h4-12H,3,13-14H2,1-2H3,(H,23,24,25). The number of carbonyl (C=O) groups excluding carboxylic acids is 1. The molecule has 0 atom stereocenters. The van der Waals surface area contributed by atoms with Crippen molar-refractivity contribution in [2.24, 2.45) is 0 Å². The van der Waals surface area contributed by atoms with Crippen LogP contribution < -0.4 is 19.7 Å². The van der Waals surface area contributed by atoms with Crippen molar-refractivity contribution in [2.45, 2.75) is 20.4 Å². The molecule has 0 aliphatic carbocycles. The molecule has 1 aromatic heterocycles. The Hall–Kier alpha value is -3.61. The first-order valence-electron chi connectivity index (χ1n) is 9.49. The van der Waals surface area contributed by atoms with E-state index in [1.54, 1.807) is 11.0 Å². The smallest absolute Gasteiger partial charge is 0.277 e. The number of benzene rings is 2. The molecule has 1 amide bonds. The summed E-state index contributed by atoms with van der Waals surface area (Å²) in [5.41, 5.74) is 2.93. The summed E-state index contributed by atoms with van der Waals surface area (Å²) in [6, 6.07) is 17.0. The Morgan fingerprint density at radius 2 is 1.86 bits per heavy atom. The van der Waals surface area contributed by atoms with E-state index in [1.807, 2.05) is 62.4 Å². The lowest BCUT2D eigenvalue weighted by molar-refractivity contribution is 0.0983. The van der Waals surface area contributed by atoms with Crippen molar-refractivity contribution in [3.63, 3.8) is 0 Å². The molecule has 1 aliphatic heterocycles. The van der Waals surface area contributed by atoms with E-state index >= 15 is 0 Å². The molecule has 0 unspecified atom stereocenters. The van der Waals surface area contributed by atoms with E-state index < -0.39 is 0 Å². The lowest BCUT2D eigenvalue weighted by Gasteiger charge is -2.21. The van der Waals surface area contributed by atoms with Crippen LogP contribution in [0.1, 0.15) is 28.7 Å². The highest BCUT2D eigenvalue weighted by atomic mass is 16.7. The van der Waals surface area contributed by atoms with E-state index in [0.29, 0.717) is 24.7 Å². The van der Waals surface area contributed by atoms with Gasteiger partial charge in [-0.1, -0.05) is 24.3 Å². The van der Waals surface area contributed by atoms with Gasteiger partial charge in [0.2, 0.25) is 12.7 Å². The van der Waals surface area contributed by atoms with Crippen molar-refractivity contribution < 1.29 is 14.3 Å². The average Bonchev–Trinajstić information content (AvgIpc) is 3.21. The number of aryl methyl sites for hydroxylation is 1. The first kappa shape index (κ1) is 18.7. The van der Waals surface area contributed by atoms with Gasteiger partial charge in [-0.3, -0.25) is 4.79 Å². The summed E-state index contributed by atoms with van der Waals surface area (Å²) in [5, 5.41) is 3.20. The number of aromatic nitrogens is 2. The Bertz CT molecular complexity index is 1020. The maximum Gasteiger partial charge on any atom is 0.277 e. The Kier molecular flexibility index (Phi) is 5.29. The summed E-state index contributed by atoms with van der Waals surface area (Å²) in [6.07, 6.45) is 0.